The number of hydrogen-bond acceptors (Lipinski definition) is 3. The maximum absolute atomic E-state index is 8.53. The monoisotopic (exact) mass is 168 g/mol. The smallest absolute Gasteiger partial charge is 0.0434 e. The number of aliphatic hydroxyl groups is 1. The highest BCUT2D eigenvalue weighted by Gasteiger charge is 1.87. The molecule has 3 heteroatoms. The van der Waals surface area contributed by atoms with Crippen molar-refractivity contribution in [3.63, 3.8) is 0 Å². The molecule has 1 aromatic rings. The van der Waals surface area contributed by atoms with Crippen molar-refractivity contribution in [1.82, 2.24) is 0 Å². The maximum Gasteiger partial charge on any atom is 0.0434 e. The minimum absolute atomic E-state index is 0.287. The molecule has 0 heterocycles. The fourth-order valence-electron chi connectivity index (χ4n) is 0.928. The van der Waals surface area contributed by atoms with Gasteiger partial charge in [-0.1, -0.05) is 30.3 Å². The highest BCUT2D eigenvalue weighted by atomic mass is 16.2. The summed E-state index contributed by atoms with van der Waals surface area (Å²) in [5.41, 5.74) is 1.30. The van der Waals surface area contributed by atoms with Crippen LogP contribution in [0.4, 0.5) is 0 Å². The van der Waals surface area contributed by atoms with Crippen LogP contribution in [0.25, 0.3) is 0 Å². The van der Waals surface area contributed by atoms with E-state index in [0.717, 1.165) is 12.8 Å². The highest BCUT2D eigenvalue weighted by Crippen LogP contribution is 2.00. The summed E-state index contributed by atoms with van der Waals surface area (Å²) >= 11 is 0. The highest BCUT2D eigenvalue weighted by molar-refractivity contribution is 5.14. The minimum atomic E-state index is 0.287. The molecule has 0 saturated carbocycles. The van der Waals surface area contributed by atoms with Crippen LogP contribution in [0.1, 0.15) is 12.0 Å². The maximum atomic E-state index is 8.53. The Balaban J connectivity index is 0.000000561. The summed E-state index contributed by atoms with van der Waals surface area (Å²) in [6, 6.07) is 10.2. The molecule has 1 rings (SSSR count). The molecule has 0 saturated heterocycles. The number of nitrogens with two attached hydrogens (primary N) is 2. The number of benzene rings is 1. The van der Waals surface area contributed by atoms with Crippen molar-refractivity contribution < 1.29 is 5.11 Å². The second kappa shape index (κ2) is 8.20. The first-order valence-corrected chi connectivity index (χ1v) is 3.91. The lowest BCUT2D eigenvalue weighted by Gasteiger charge is -1.96. The van der Waals surface area contributed by atoms with E-state index in [1.165, 1.54) is 5.56 Å². The Morgan fingerprint density at radius 1 is 1.08 bits per heavy atom. The lowest BCUT2D eigenvalue weighted by atomic mass is 10.1. The Hall–Kier alpha value is -0.900. The van der Waals surface area contributed by atoms with E-state index in [1.54, 1.807) is 0 Å². The van der Waals surface area contributed by atoms with Crippen LogP contribution in [-0.2, 0) is 6.42 Å². The molecule has 0 aliphatic carbocycles. The van der Waals surface area contributed by atoms with Gasteiger partial charge in [0.1, 0.15) is 0 Å². The zero-order valence-electron chi connectivity index (χ0n) is 7.11. The molecule has 0 aliphatic heterocycles. The number of rotatable bonds is 3. The fourth-order valence-corrected chi connectivity index (χ4v) is 0.928. The number of hydrogen-bond donors (Lipinski definition) is 3. The summed E-state index contributed by atoms with van der Waals surface area (Å²) < 4.78 is 0. The summed E-state index contributed by atoms with van der Waals surface area (Å²) in [7, 11) is 0. The van der Waals surface area contributed by atoms with Gasteiger partial charge in [-0.15, -0.1) is 0 Å². The van der Waals surface area contributed by atoms with E-state index in [-0.39, 0.29) is 6.61 Å². The van der Waals surface area contributed by atoms with Crippen LogP contribution >= 0.6 is 0 Å². The zero-order valence-corrected chi connectivity index (χ0v) is 7.11. The third kappa shape index (κ3) is 4.85. The summed E-state index contributed by atoms with van der Waals surface area (Å²) in [6.07, 6.45) is 1.85. The van der Waals surface area contributed by atoms with Crippen LogP contribution < -0.4 is 11.7 Å². The summed E-state index contributed by atoms with van der Waals surface area (Å²) in [4.78, 5) is 0. The topological polar surface area (TPSA) is 72.3 Å². The molecule has 0 fully saturated rings. The van der Waals surface area contributed by atoms with Crippen molar-refractivity contribution in [2.24, 2.45) is 11.7 Å². The van der Waals surface area contributed by atoms with E-state index in [0.29, 0.717) is 0 Å². The van der Waals surface area contributed by atoms with E-state index < -0.39 is 0 Å². The quantitative estimate of drug-likeness (QED) is 0.452. The Kier molecular flexibility index (Phi) is 7.58. The molecular weight excluding hydrogens is 152 g/mol. The number of aliphatic hydroxyl groups excluding tert-OH is 1. The summed E-state index contributed by atoms with van der Waals surface area (Å²) in [5, 5.41) is 8.53. The molecule has 0 aromatic heterocycles. The molecule has 0 atom stereocenters. The van der Waals surface area contributed by atoms with Gasteiger partial charge in [0, 0.05) is 6.61 Å². The average molecular weight is 168 g/mol. The van der Waals surface area contributed by atoms with Crippen LogP contribution in [0.2, 0.25) is 0 Å². The van der Waals surface area contributed by atoms with E-state index in [9.17, 15) is 0 Å². The first-order chi connectivity index (χ1) is 5.93. The second-order valence-electron chi connectivity index (χ2n) is 2.31. The summed E-state index contributed by atoms with van der Waals surface area (Å²) in [5.74, 6) is 8.00. The van der Waals surface area contributed by atoms with Gasteiger partial charge in [-0.3, -0.25) is 11.7 Å². The number of hydrazine groups is 1. The van der Waals surface area contributed by atoms with Crippen LogP contribution in [-0.4, -0.2) is 11.7 Å². The van der Waals surface area contributed by atoms with E-state index >= 15 is 0 Å². The van der Waals surface area contributed by atoms with Gasteiger partial charge in [-0.2, -0.15) is 0 Å². The first kappa shape index (κ1) is 11.1. The predicted octanol–water partition coefficient (Wildman–Crippen LogP) is 0.430. The molecule has 0 aliphatic rings. The lowest BCUT2D eigenvalue weighted by molar-refractivity contribution is 0.288. The van der Waals surface area contributed by atoms with E-state index in [1.807, 2.05) is 18.2 Å². The Bertz CT molecular complexity index is 177. The molecule has 0 spiro atoms. The molecule has 3 nitrogen and oxygen atoms in total. The molecule has 0 bridgehead atoms. The lowest BCUT2D eigenvalue weighted by Crippen LogP contribution is -2.02. The molecular formula is C9H16N2O. The SMILES string of the molecule is NN.OCCCc1ccccc1. The molecule has 1 aromatic carbocycles. The van der Waals surface area contributed by atoms with Crippen molar-refractivity contribution in [3.8, 4) is 0 Å². The Morgan fingerprint density at radius 2 is 1.67 bits per heavy atom. The third-order valence-electron chi connectivity index (χ3n) is 1.47. The van der Waals surface area contributed by atoms with Crippen LogP contribution in [0.5, 0.6) is 0 Å². The molecule has 5 N–H and O–H groups in total. The van der Waals surface area contributed by atoms with Gasteiger partial charge in [-0.25, -0.2) is 0 Å². The molecule has 0 unspecified atom stereocenters. The Labute approximate surface area is 73.0 Å². The molecule has 12 heavy (non-hydrogen) atoms. The van der Waals surface area contributed by atoms with Gasteiger partial charge in [0.15, 0.2) is 0 Å². The van der Waals surface area contributed by atoms with Crippen LogP contribution in [0, 0.1) is 0 Å². The minimum Gasteiger partial charge on any atom is -0.396 e. The van der Waals surface area contributed by atoms with Crippen molar-refractivity contribution in [2.75, 3.05) is 6.61 Å². The molecule has 0 amide bonds. The molecule has 0 radical (unpaired) electrons. The van der Waals surface area contributed by atoms with E-state index in [4.69, 9.17) is 5.11 Å². The van der Waals surface area contributed by atoms with Gasteiger partial charge in [0.25, 0.3) is 0 Å². The van der Waals surface area contributed by atoms with Crippen molar-refractivity contribution in [2.45, 2.75) is 12.8 Å². The van der Waals surface area contributed by atoms with Gasteiger partial charge < -0.3 is 5.11 Å². The summed E-state index contributed by atoms with van der Waals surface area (Å²) in [6.45, 7) is 0.287. The van der Waals surface area contributed by atoms with Gasteiger partial charge >= 0.3 is 0 Å². The number of aryl methyl sites for hydroxylation is 1. The van der Waals surface area contributed by atoms with Crippen molar-refractivity contribution in [1.29, 1.82) is 0 Å². The average Bonchev–Trinajstić information content (AvgIpc) is 2.19. The van der Waals surface area contributed by atoms with Crippen molar-refractivity contribution in [3.05, 3.63) is 35.9 Å². The zero-order chi connectivity index (χ0) is 9.23. The van der Waals surface area contributed by atoms with Crippen LogP contribution in [0.15, 0.2) is 30.3 Å². The van der Waals surface area contributed by atoms with Crippen LogP contribution in [0.3, 0.4) is 0 Å². The van der Waals surface area contributed by atoms with Gasteiger partial charge in [0.2, 0.25) is 0 Å². The van der Waals surface area contributed by atoms with Crippen molar-refractivity contribution >= 4 is 0 Å². The normalized spacial score (nSPS) is 8.58. The molecule has 68 valence electrons. The van der Waals surface area contributed by atoms with Gasteiger partial charge in [0.05, 0.1) is 0 Å². The standard InChI is InChI=1S/C9H12O.H4N2/c10-8-4-7-9-5-2-1-3-6-9;1-2/h1-3,5-6,10H,4,7-8H2;1-2H2. The Morgan fingerprint density at radius 3 is 2.17 bits per heavy atom. The fraction of sp³-hybridized carbons (Fsp3) is 0.333. The third-order valence-corrected chi connectivity index (χ3v) is 1.47. The van der Waals surface area contributed by atoms with E-state index in [2.05, 4.69) is 23.8 Å². The van der Waals surface area contributed by atoms with Gasteiger partial charge in [-0.05, 0) is 18.4 Å². The second-order valence-corrected chi connectivity index (χ2v) is 2.31. The predicted molar refractivity (Wildman–Crippen MR) is 50.2 cm³/mol. The largest absolute Gasteiger partial charge is 0.396 e. The first-order valence-electron chi connectivity index (χ1n) is 3.91.